The topological polar surface area (TPSA) is 86.7 Å². The summed E-state index contributed by atoms with van der Waals surface area (Å²) in [5.41, 5.74) is 3.39. The molecule has 0 aromatic heterocycles. The smallest absolute Gasteiger partial charge is 0.270 e. The largest absolute Gasteiger partial charge is 0.296 e. The van der Waals surface area contributed by atoms with Crippen LogP contribution in [0.25, 0.3) is 11.1 Å². The third-order valence-electron chi connectivity index (χ3n) is 3.84. The Bertz CT molecular complexity index is 909. The molecule has 2 aromatic carbocycles. The molecular weight excluding hydrogens is 340 g/mol. The van der Waals surface area contributed by atoms with Crippen molar-refractivity contribution in [3.8, 4) is 11.1 Å². The second-order valence-electron chi connectivity index (χ2n) is 5.06. The van der Waals surface area contributed by atoms with Gasteiger partial charge in [0.15, 0.2) is 0 Å². The molecule has 0 saturated heterocycles. The van der Waals surface area contributed by atoms with Crippen LogP contribution in [0, 0.1) is 0 Å². The van der Waals surface area contributed by atoms with E-state index in [4.69, 9.17) is 0 Å². The van der Waals surface area contributed by atoms with Crippen molar-refractivity contribution in [3.05, 3.63) is 47.5 Å². The van der Waals surface area contributed by atoms with Crippen molar-refractivity contribution in [1.29, 1.82) is 0 Å². The summed E-state index contributed by atoms with van der Waals surface area (Å²) in [4.78, 5) is 0.160. The number of benzene rings is 2. The minimum Gasteiger partial charge on any atom is -0.270 e. The van der Waals surface area contributed by atoms with E-state index < -0.39 is 20.2 Å². The monoisotopic (exact) mass is 354 g/mol. The summed E-state index contributed by atoms with van der Waals surface area (Å²) < 4.78 is 56.2. The van der Waals surface area contributed by atoms with Crippen LogP contribution in [0.3, 0.4) is 0 Å². The van der Waals surface area contributed by atoms with Crippen molar-refractivity contribution < 1.29 is 25.2 Å². The number of hydrogen-bond donors (Lipinski definition) is 0. The molecule has 0 unspecified atom stereocenters. The van der Waals surface area contributed by atoms with Crippen LogP contribution in [0.5, 0.6) is 0 Å². The third-order valence-corrected chi connectivity index (χ3v) is 6.38. The van der Waals surface area contributed by atoms with E-state index in [1.807, 2.05) is 0 Å². The SMILES string of the molecule is COS(=O)(=O)c1ccc2c(c1)Cc1cc(S(=O)(=O)OC)ccc1-2. The van der Waals surface area contributed by atoms with Gasteiger partial charge in [-0.25, -0.2) is 0 Å². The van der Waals surface area contributed by atoms with E-state index in [0.29, 0.717) is 6.42 Å². The quantitative estimate of drug-likeness (QED) is 0.666. The van der Waals surface area contributed by atoms with Crippen molar-refractivity contribution in [1.82, 2.24) is 0 Å². The summed E-state index contributed by atoms with van der Waals surface area (Å²) in [6.07, 6.45) is 0.449. The Hall–Kier alpha value is -1.74. The van der Waals surface area contributed by atoms with Crippen molar-refractivity contribution >= 4 is 20.2 Å². The summed E-state index contributed by atoms with van der Waals surface area (Å²) in [5.74, 6) is 0. The Balaban J connectivity index is 2.08. The van der Waals surface area contributed by atoms with Crippen LogP contribution in [0.1, 0.15) is 11.1 Å². The van der Waals surface area contributed by atoms with Crippen molar-refractivity contribution in [3.63, 3.8) is 0 Å². The molecule has 8 heteroatoms. The molecule has 0 bridgehead atoms. The molecule has 2 aromatic rings. The van der Waals surface area contributed by atoms with Crippen molar-refractivity contribution in [2.45, 2.75) is 16.2 Å². The second kappa shape index (κ2) is 5.41. The van der Waals surface area contributed by atoms with E-state index in [1.165, 1.54) is 12.1 Å². The third kappa shape index (κ3) is 2.67. The highest BCUT2D eigenvalue weighted by atomic mass is 32.2. The fourth-order valence-corrected chi connectivity index (χ4v) is 4.09. The molecule has 3 rings (SSSR count). The summed E-state index contributed by atoms with van der Waals surface area (Å²) in [6.45, 7) is 0. The van der Waals surface area contributed by atoms with Gasteiger partial charge < -0.3 is 0 Å². The van der Waals surface area contributed by atoms with E-state index >= 15 is 0 Å². The fraction of sp³-hybridized carbons (Fsp3) is 0.200. The molecule has 0 spiro atoms. The number of hydrogen-bond acceptors (Lipinski definition) is 6. The van der Waals surface area contributed by atoms with Crippen LogP contribution in [0.15, 0.2) is 46.2 Å². The average Bonchev–Trinajstić information content (AvgIpc) is 2.91. The van der Waals surface area contributed by atoms with E-state index in [2.05, 4.69) is 8.37 Å². The first-order chi connectivity index (χ1) is 10.8. The van der Waals surface area contributed by atoms with E-state index in [0.717, 1.165) is 36.5 Å². The zero-order chi connectivity index (χ0) is 16.8. The molecule has 0 saturated carbocycles. The highest BCUT2D eigenvalue weighted by Crippen LogP contribution is 2.38. The maximum absolute atomic E-state index is 11.8. The van der Waals surface area contributed by atoms with Crippen molar-refractivity contribution in [2.24, 2.45) is 0 Å². The standard InChI is InChI=1S/C15H14O6S2/c1-20-22(16,17)12-3-5-14-10(8-12)7-11-9-13(4-6-15(11)14)23(18,19)21-2/h3-6,8-9H,7H2,1-2H3. The molecule has 0 amide bonds. The van der Waals surface area contributed by atoms with Crippen LogP contribution >= 0.6 is 0 Å². The minimum absolute atomic E-state index is 0.0799. The molecule has 0 fully saturated rings. The van der Waals surface area contributed by atoms with Crippen LogP contribution in [0.2, 0.25) is 0 Å². The molecular formula is C15H14O6S2. The van der Waals surface area contributed by atoms with Gasteiger partial charge in [0.2, 0.25) is 0 Å². The van der Waals surface area contributed by atoms with Crippen LogP contribution < -0.4 is 0 Å². The Morgan fingerprint density at radius 3 is 1.48 bits per heavy atom. The summed E-state index contributed by atoms with van der Waals surface area (Å²) in [6, 6.07) is 9.48. The van der Waals surface area contributed by atoms with Gasteiger partial charge in [-0.2, -0.15) is 16.8 Å². The van der Waals surface area contributed by atoms with Gasteiger partial charge in [-0.1, -0.05) is 12.1 Å². The lowest BCUT2D eigenvalue weighted by atomic mass is 10.1. The first kappa shape index (κ1) is 16.1. The van der Waals surface area contributed by atoms with Gasteiger partial charge >= 0.3 is 0 Å². The first-order valence-electron chi connectivity index (χ1n) is 6.66. The van der Waals surface area contributed by atoms with Crippen LogP contribution in [-0.2, 0) is 35.0 Å². The lowest BCUT2D eigenvalue weighted by molar-refractivity contribution is 0.396. The molecule has 23 heavy (non-hydrogen) atoms. The normalized spacial score (nSPS) is 13.7. The summed E-state index contributed by atoms with van der Waals surface area (Å²) in [5, 5.41) is 0. The Labute approximate surface area is 134 Å². The molecule has 1 aliphatic rings. The predicted molar refractivity (Wildman–Crippen MR) is 83.1 cm³/mol. The predicted octanol–water partition coefficient (Wildman–Crippen LogP) is 1.93. The maximum atomic E-state index is 11.8. The summed E-state index contributed by atoms with van der Waals surface area (Å²) in [7, 11) is -5.30. The number of fused-ring (bicyclic) bond motifs is 3. The molecule has 0 radical (unpaired) electrons. The highest BCUT2D eigenvalue weighted by Gasteiger charge is 2.24. The molecule has 1 aliphatic carbocycles. The molecule has 0 atom stereocenters. The van der Waals surface area contributed by atoms with Gasteiger partial charge in [0.1, 0.15) is 0 Å². The lowest BCUT2D eigenvalue weighted by Crippen LogP contribution is -2.03. The fourth-order valence-electron chi connectivity index (χ4n) is 2.67. The second-order valence-corrected chi connectivity index (χ2v) is 8.48. The van der Waals surface area contributed by atoms with Gasteiger partial charge in [-0.15, -0.1) is 0 Å². The Morgan fingerprint density at radius 2 is 1.13 bits per heavy atom. The molecule has 0 heterocycles. The van der Waals surface area contributed by atoms with Gasteiger partial charge in [0.25, 0.3) is 20.2 Å². The molecule has 122 valence electrons. The van der Waals surface area contributed by atoms with Gasteiger partial charge in [-0.3, -0.25) is 8.37 Å². The van der Waals surface area contributed by atoms with Crippen LogP contribution in [-0.4, -0.2) is 31.1 Å². The van der Waals surface area contributed by atoms with E-state index in [9.17, 15) is 16.8 Å². The first-order valence-corrected chi connectivity index (χ1v) is 9.47. The van der Waals surface area contributed by atoms with Gasteiger partial charge in [0, 0.05) is 0 Å². The average molecular weight is 354 g/mol. The van der Waals surface area contributed by atoms with Gasteiger partial charge in [-0.05, 0) is 52.9 Å². The summed E-state index contributed by atoms with van der Waals surface area (Å²) >= 11 is 0. The van der Waals surface area contributed by atoms with Crippen molar-refractivity contribution in [2.75, 3.05) is 14.2 Å². The number of rotatable bonds is 4. The molecule has 6 nitrogen and oxygen atoms in total. The van der Waals surface area contributed by atoms with Crippen LogP contribution in [0.4, 0.5) is 0 Å². The minimum atomic E-state index is -3.76. The molecule has 0 aliphatic heterocycles. The zero-order valence-electron chi connectivity index (χ0n) is 12.4. The van der Waals surface area contributed by atoms with Gasteiger partial charge in [0.05, 0.1) is 24.0 Å². The maximum Gasteiger partial charge on any atom is 0.296 e. The molecule has 0 N–H and O–H groups in total. The zero-order valence-corrected chi connectivity index (χ0v) is 14.1. The highest BCUT2D eigenvalue weighted by molar-refractivity contribution is 7.87. The van der Waals surface area contributed by atoms with E-state index in [1.54, 1.807) is 24.3 Å². The lowest BCUT2D eigenvalue weighted by Gasteiger charge is -2.06. The van der Waals surface area contributed by atoms with E-state index in [-0.39, 0.29) is 9.79 Å². The Morgan fingerprint density at radius 1 is 0.739 bits per heavy atom. The Kier molecular flexibility index (Phi) is 3.80.